The number of rotatable bonds is 5. The van der Waals surface area contributed by atoms with Gasteiger partial charge in [-0.2, -0.15) is 18.3 Å². The normalized spacial score (nSPS) is 11.1. The molecule has 0 aliphatic rings. The van der Waals surface area contributed by atoms with Crippen molar-refractivity contribution in [2.45, 2.75) is 13.1 Å². The van der Waals surface area contributed by atoms with Gasteiger partial charge in [0.1, 0.15) is 0 Å². The lowest BCUT2D eigenvalue weighted by atomic mass is 10.1. The highest BCUT2D eigenvalue weighted by molar-refractivity contribution is 6.04. The highest BCUT2D eigenvalue weighted by atomic mass is 19.4. The number of benzene rings is 1. The summed E-state index contributed by atoms with van der Waals surface area (Å²) in [5.74, 6) is -0.304. The Morgan fingerprint density at radius 2 is 1.83 bits per heavy atom. The van der Waals surface area contributed by atoms with Gasteiger partial charge in [0.2, 0.25) is 5.88 Å². The van der Waals surface area contributed by atoms with E-state index in [1.807, 2.05) is 0 Å². The molecular formula is C19H16F3N5O2. The molecule has 0 saturated heterocycles. The van der Waals surface area contributed by atoms with Crippen LogP contribution in [-0.4, -0.2) is 28.2 Å². The fraction of sp³-hybridized carbons (Fsp3) is 0.158. The van der Waals surface area contributed by atoms with E-state index in [9.17, 15) is 18.0 Å². The number of nitrogens with zero attached hydrogens (tertiary/aromatic N) is 3. The van der Waals surface area contributed by atoms with Crippen molar-refractivity contribution in [1.82, 2.24) is 15.2 Å². The van der Waals surface area contributed by atoms with Crippen molar-refractivity contribution >= 4 is 23.0 Å². The van der Waals surface area contributed by atoms with Crippen molar-refractivity contribution in [2.24, 2.45) is 0 Å². The summed E-state index contributed by atoms with van der Waals surface area (Å²) in [6, 6.07) is 9.23. The number of nitrogens with one attached hydrogen (secondary N) is 2. The zero-order valence-corrected chi connectivity index (χ0v) is 15.4. The fourth-order valence-electron chi connectivity index (χ4n) is 2.37. The number of halogens is 3. The van der Waals surface area contributed by atoms with Crippen LogP contribution in [0, 0.1) is 6.92 Å². The number of pyridine rings is 1. The van der Waals surface area contributed by atoms with Crippen LogP contribution in [0.25, 0.3) is 0 Å². The standard InChI is InChI=1S/C19H16F3N5O2/c1-11-3-6-15(27-26-11)18(28)25-16-9-12(19(20,21)22)4-7-14(16)24-13-5-8-17(29-2)23-10-13/h3-10,24H,1-2H3,(H,25,28). The number of carbonyl (C=O) groups excluding carboxylic acids is 1. The second kappa shape index (κ2) is 8.13. The number of ether oxygens (including phenoxy) is 1. The monoisotopic (exact) mass is 403 g/mol. The third kappa shape index (κ3) is 4.98. The Balaban J connectivity index is 1.92. The summed E-state index contributed by atoms with van der Waals surface area (Å²) in [5.41, 5.74) is 0.360. The molecule has 150 valence electrons. The molecule has 2 aromatic heterocycles. The molecule has 2 N–H and O–H groups in total. The molecule has 0 fully saturated rings. The number of methoxy groups -OCH3 is 1. The molecule has 29 heavy (non-hydrogen) atoms. The second-order valence-electron chi connectivity index (χ2n) is 5.99. The first-order chi connectivity index (χ1) is 13.8. The van der Waals surface area contributed by atoms with Crippen LogP contribution in [0.1, 0.15) is 21.7 Å². The number of anilines is 3. The molecule has 0 radical (unpaired) electrons. The van der Waals surface area contributed by atoms with Gasteiger partial charge in [-0.1, -0.05) is 0 Å². The Kier molecular flexibility index (Phi) is 5.62. The molecule has 7 nitrogen and oxygen atoms in total. The van der Waals surface area contributed by atoms with Gasteiger partial charge < -0.3 is 15.4 Å². The predicted molar refractivity (Wildman–Crippen MR) is 100 cm³/mol. The molecule has 1 aromatic carbocycles. The lowest BCUT2D eigenvalue weighted by molar-refractivity contribution is -0.137. The fourth-order valence-corrected chi connectivity index (χ4v) is 2.37. The van der Waals surface area contributed by atoms with Crippen LogP contribution in [0.15, 0.2) is 48.7 Å². The minimum atomic E-state index is -4.57. The van der Waals surface area contributed by atoms with E-state index in [2.05, 4.69) is 25.8 Å². The average molecular weight is 403 g/mol. The van der Waals surface area contributed by atoms with E-state index in [0.29, 0.717) is 17.3 Å². The van der Waals surface area contributed by atoms with Gasteiger partial charge in [0.25, 0.3) is 5.91 Å². The average Bonchev–Trinajstić information content (AvgIpc) is 2.69. The lowest BCUT2D eigenvalue weighted by Crippen LogP contribution is -2.16. The van der Waals surface area contributed by atoms with Crippen molar-refractivity contribution < 1.29 is 22.7 Å². The van der Waals surface area contributed by atoms with Gasteiger partial charge in [-0.25, -0.2) is 4.98 Å². The molecule has 3 aromatic rings. The first kappa shape index (κ1) is 20.1. The highest BCUT2D eigenvalue weighted by Crippen LogP contribution is 2.35. The maximum Gasteiger partial charge on any atom is 0.416 e. The molecule has 1 amide bonds. The molecule has 2 heterocycles. The molecule has 10 heteroatoms. The summed E-state index contributed by atoms with van der Waals surface area (Å²) < 4.78 is 44.4. The molecule has 0 atom stereocenters. The number of amides is 1. The van der Waals surface area contributed by atoms with Crippen LogP contribution < -0.4 is 15.4 Å². The third-order valence-electron chi connectivity index (χ3n) is 3.85. The Bertz CT molecular complexity index is 1010. The van der Waals surface area contributed by atoms with Crippen LogP contribution in [-0.2, 0) is 6.18 Å². The predicted octanol–water partition coefficient (Wildman–Crippen LogP) is 4.20. The summed E-state index contributed by atoms with van der Waals surface area (Å²) >= 11 is 0. The summed E-state index contributed by atoms with van der Waals surface area (Å²) in [7, 11) is 1.47. The lowest BCUT2D eigenvalue weighted by Gasteiger charge is -2.16. The van der Waals surface area contributed by atoms with Crippen LogP contribution in [0.5, 0.6) is 5.88 Å². The van der Waals surface area contributed by atoms with E-state index in [1.165, 1.54) is 25.4 Å². The first-order valence-electron chi connectivity index (χ1n) is 8.36. The van der Waals surface area contributed by atoms with Crippen molar-refractivity contribution in [1.29, 1.82) is 0 Å². The van der Waals surface area contributed by atoms with Crippen molar-refractivity contribution in [3.8, 4) is 5.88 Å². The largest absolute Gasteiger partial charge is 0.481 e. The van der Waals surface area contributed by atoms with Gasteiger partial charge in [-0.05, 0) is 43.3 Å². The highest BCUT2D eigenvalue weighted by Gasteiger charge is 2.31. The number of aromatic nitrogens is 3. The third-order valence-corrected chi connectivity index (χ3v) is 3.85. The summed E-state index contributed by atoms with van der Waals surface area (Å²) in [6.07, 6.45) is -3.11. The van der Waals surface area contributed by atoms with Gasteiger partial charge in [-0.15, -0.1) is 5.10 Å². The summed E-state index contributed by atoms with van der Waals surface area (Å²) in [4.78, 5) is 16.4. The Morgan fingerprint density at radius 3 is 2.41 bits per heavy atom. The number of hydrogen-bond acceptors (Lipinski definition) is 6. The topological polar surface area (TPSA) is 89.0 Å². The minimum absolute atomic E-state index is 0.0231. The van der Waals surface area contributed by atoms with E-state index in [4.69, 9.17) is 4.74 Å². The smallest absolute Gasteiger partial charge is 0.416 e. The van der Waals surface area contributed by atoms with Gasteiger partial charge in [0.05, 0.1) is 41.6 Å². The molecule has 0 aliphatic carbocycles. The van der Waals surface area contributed by atoms with Crippen molar-refractivity contribution in [3.63, 3.8) is 0 Å². The molecule has 0 bridgehead atoms. The zero-order chi connectivity index (χ0) is 21.0. The molecule has 3 rings (SSSR count). The van der Waals surface area contributed by atoms with E-state index < -0.39 is 17.6 Å². The van der Waals surface area contributed by atoms with E-state index >= 15 is 0 Å². The van der Waals surface area contributed by atoms with Gasteiger partial charge in [0, 0.05) is 6.07 Å². The molecule has 0 spiro atoms. The van der Waals surface area contributed by atoms with E-state index in [1.54, 1.807) is 25.1 Å². The quantitative estimate of drug-likeness (QED) is 0.664. The van der Waals surface area contributed by atoms with Crippen molar-refractivity contribution in [3.05, 3.63) is 65.6 Å². The van der Waals surface area contributed by atoms with Crippen LogP contribution in [0.2, 0.25) is 0 Å². The van der Waals surface area contributed by atoms with Crippen molar-refractivity contribution in [2.75, 3.05) is 17.7 Å². The van der Waals surface area contributed by atoms with Crippen LogP contribution >= 0.6 is 0 Å². The second-order valence-corrected chi connectivity index (χ2v) is 5.99. The number of carbonyl (C=O) groups is 1. The van der Waals surface area contributed by atoms with Crippen LogP contribution in [0.3, 0.4) is 0 Å². The Labute approximate surface area is 164 Å². The molecule has 0 unspecified atom stereocenters. The van der Waals surface area contributed by atoms with Gasteiger partial charge >= 0.3 is 6.18 Å². The Morgan fingerprint density at radius 1 is 1.03 bits per heavy atom. The maximum absolute atomic E-state index is 13.1. The van der Waals surface area contributed by atoms with Crippen LogP contribution in [0.4, 0.5) is 30.2 Å². The molecule has 0 aliphatic heterocycles. The molecular weight excluding hydrogens is 387 g/mol. The SMILES string of the molecule is COc1ccc(Nc2ccc(C(F)(F)F)cc2NC(=O)c2ccc(C)nn2)cn1. The maximum atomic E-state index is 13.1. The van der Waals surface area contributed by atoms with Gasteiger partial charge in [-0.3, -0.25) is 4.79 Å². The first-order valence-corrected chi connectivity index (χ1v) is 8.36. The van der Waals surface area contributed by atoms with Gasteiger partial charge in [0.15, 0.2) is 5.69 Å². The number of aryl methyl sites for hydroxylation is 1. The summed E-state index contributed by atoms with van der Waals surface area (Å²) in [6.45, 7) is 1.70. The van der Waals surface area contributed by atoms with E-state index in [-0.39, 0.29) is 17.1 Å². The number of alkyl halides is 3. The number of hydrogen-bond donors (Lipinski definition) is 2. The Hall–Kier alpha value is -3.69. The molecule has 0 saturated carbocycles. The minimum Gasteiger partial charge on any atom is -0.481 e. The summed E-state index contributed by atoms with van der Waals surface area (Å²) in [5, 5.41) is 12.9. The zero-order valence-electron chi connectivity index (χ0n) is 15.4. The van der Waals surface area contributed by atoms with E-state index in [0.717, 1.165) is 12.1 Å².